The maximum atomic E-state index is 5.97. The number of hydrogen-bond donors (Lipinski definition) is 1. The summed E-state index contributed by atoms with van der Waals surface area (Å²) in [7, 11) is 0. The molecule has 2 nitrogen and oxygen atoms in total. The number of hydrogen-bond acceptors (Lipinski definition) is 2. The van der Waals surface area contributed by atoms with Crippen LogP contribution in [0.3, 0.4) is 0 Å². The smallest absolute Gasteiger partial charge is 0.0247 e. The van der Waals surface area contributed by atoms with Crippen LogP contribution in [-0.2, 0) is 6.54 Å². The molecule has 0 aromatic heterocycles. The lowest BCUT2D eigenvalue weighted by atomic mass is 9.90. The summed E-state index contributed by atoms with van der Waals surface area (Å²) in [5.74, 6) is 1.60. The van der Waals surface area contributed by atoms with Gasteiger partial charge in [0.2, 0.25) is 0 Å². The first-order chi connectivity index (χ1) is 9.28. The SMILES string of the molecule is CC1CCCN(Cc2ccc(C3CC3)cc2)C1CN. The van der Waals surface area contributed by atoms with Crippen molar-refractivity contribution in [1.82, 2.24) is 4.90 Å². The number of benzene rings is 1. The minimum absolute atomic E-state index is 0.567. The Morgan fingerprint density at radius 1 is 1.16 bits per heavy atom. The van der Waals surface area contributed by atoms with Gasteiger partial charge in [-0.25, -0.2) is 0 Å². The molecule has 1 aliphatic heterocycles. The monoisotopic (exact) mass is 258 g/mol. The van der Waals surface area contributed by atoms with Gasteiger partial charge in [-0.1, -0.05) is 31.2 Å². The molecule has 1 aliphatic carbocycles. The van der Waals surface area contributed by atoms with Gasteiger partial charge in [0.05, 0.1) is 0 Å². The number of nitrogens with zero attached hydrogens (tertiary/aromatic N) is 1. The van der Waals surface area contributed by atoms with Gasteiger partial charge >= 0.3 is 0 Å². The summed E-state index contributed by atoms with van der Waals surface area (Å²) < 4.78 is 0. The van der Waals surface area contributed by atoms with Crippen LogP contribution in [0.25, 0.3) is 0 Å². The van der Waals surface area contributed by atoms with Crippen LogP contribution in [-0.4, -0.2) is 24.0 Å². The maximum Gasteiger partial charge on any atom is 0.0247 e. The average Bonchev–Trinajstić information content (AvgIpc) is 3.24. The standard InChI is InChI=1S/C17H26N2/c1-13-3-2-10-19(17(13)11-18)12-14-4-6-15(7-5-14)16-8-9-16/h4-7,13,16-17H,2-3,8-12,18H2,1H3. The van der Waals surface area contributed by atoms with Crippen molar-refractivity contribution in [2.45, 2.75) is 51.1 Å². The molecule has 0 spiro atoms. The van der Waals surface area contributed by atoms with Crippen molar-refractivity contribution in [3.05, 3.63) is 35.4 Å². The summed E-state index contributed by atoms with van der Waals surface area (Å²) in [5.41, 5.74) is 8.94. The fourth-order valence-electron chi connectivity index (χ4n) is 3.46. The molecule has 1 aromatic rings. The van der Waals surface area contributed by atoms with E-state index in [9.17, 15) is 0 Å². The van der Waals surface area contributed by atoms with Crippen LogP contribution >= 0.6 is 0 Å². The Kier molecular flexibility index (Phi) is 3.90. The van der Waals surface area contributed by atoms with Crippen molar-refractivity contribution in [3.63, 3.8) is 0 Å². The van der Waals surface area contributed by atoms with Crippen LogP contribution in [0.1, 0.15) is 49.7 Å². The summed E-state index contributed by atoms with van der Waals surface area (Å²) in [6.07, 6.45) is 5.42. The molecule has 2 fully saturated rings. The predicted octanol–water partition coefficient (Wildman–Crippen LogP) is 3.12. The van der Waals surface area contributed by atoms with Crippen LogP contribution in [0.4, 0.5) is 0 Å². The zero-order valence-electron chi connectivity index (χ0n) is 12.0. The van der Waals surface area contributed by atoms with E-state index in [0.717, 1.165) is 24.9 Å². The van der Waals surface area contributed by atoms with Crippen molar-refractivity contribution >= 4 is 0 Å². The lowest BCUT2D eigenvalue weighted by Gasteiger charge is -2.39. The van der Waals surface area contributed by atoms with E-state index >= 15 is 0 Å². The summed E-state index contributed by atoms with van der Waals surface area (Å²) >= 11 is 0. The number of likely N-dealkylation sites (tertiary alicyclic amines) is 1. The molecule has 19 heavy (non-hydrogen) atoms. The van der Waals surface area contributed by atoms with Crippen molar-refractivity contribution in [3.8, 4) is 0 Å². The highest BCUT2D eigenvalue weighted by molar-refractivity contribution is 5.28. The molecular weight excluding hydrogens is 232 g/mol. The van der Waals surface area contributed by atoms with Crippen LogP contribution in [0.15, 0.2) is 24.3 Å². The maximum absolute atomic E-state index is 5.97. The first-order valence-corrected chi connectivity index (χ1v) is 7.81. The third kappa shape index (κ3) is 3.01. The zero-order chi connectivity index (χ0) is 13.2. The van der Waals surface area contributed by atoms with E-state index in [1.165, 1.54) is 43.4 Å². The highest BCUT2D eigenvalue weighted by Crippen LogP contribution is 2.40. The second-order valence-corrected chi connectivity index (χ2v) is 6.41. The summed E-state index contributed by atoms with van der Waals surface area (Å²) in [6.45, 7) is 5.41. The van der Waals surface area contributed by atoms with E-state index in [0.29, 0.717) is 6.04 Å². The van der Waals surface area contributed by atoms with Gasteiger partial charge in [-0.15, -0.1) is 0 Å². The van der Waals surface area contributed by atoms with Crippen LogP contribution < -0.4 is 5.73 Å². The van der Waals surface area contributed by atoms with Crippen molar-refractivity contribution in [2.75, 3.05) is 13.1 Å². The van der Waals surface area contributed by atoms with Crippen molar-refractivity contribution in [1.29, 1.82) is 0 Å². The van der Waals surface area contributed by atoms with Gasteiger partial charge in [0, 0.05) is 19.1 Å². The second kappa shape index (κ2) is 5.64. The summed E-state index contributed by atoms with van der Waals surface area (Å²) in [5, 5.41) is 0. The number of rotatable bonds is 4. The Morgan fingerprint density at radius 3 is 2.53 bits per heavy atom. The van der Waals surface area contributed by atoms with Crippen LogP contribution in [0.2, 0.25) is 0 Å². The summed E-state index contributed by atoms with van der Waals surface area (Å²) in [6, 6.07) is 9.87. The Balaban J connectivity index is 1.65. The molecule has 1 aromatic carbocycles. The number of nitrogens with two attached hydrogens (primary N) is 1. The van der Waals surface area contributed by atoms with Gasteiger partial charge in [0.1, 0.15) is 0 Å². The molecule has 0 bridgehead atoms. The largest absolute Gasteiger partial charge is 0.329 e. The second-order valence-electron chi connectivity index (χ2n) is 6.41. The lowest BCUT2D eigenvalue weighted by Crippen LogP contribution is -2.47. The third-order valence-corrected chi connectivity index (χ3v) is 4.89. The van der Waals surface area contributed by atoms with E-state index < -0.39 is 0 Å². The van der Waals surface area contributed by atoms with E-state index in [4.69, 9.17) is 5.73 Å². The Morgan fingerprint density at radius 2 is 1.89 bits per heavy atom. The van der Waals surface area contributed by atoms with Crippen molar-refractivity contribution < 1.29 is 0 Å². The predicted molar refractivity (Wildman–Crippen MR) is 80.1 cm³/mol. The molecule has 2 aliphatic rings. The van der Waals surface area contributed by atoms with Gasteiger partial charge in [-0.3, -0.25) is 4.90 Å². The van der Waals surface area contributed by atoms with Gasteiger partial charge < -0.3 is 5.73 Å². The molecular formula is C17H26N2. The molecule has 2 atom stereocenters. The Labute approximate surface area is 117 Å². The van der Waals surface area contributed by atoms with Gasteiger partial charge in [-0.05, 0) is 55.2 Å². The molecule has 1 saturated heterocycles. The molecule has 1 heterocycles. The molecule has 2 heteroatoms. The first kappa shape index (κ1) is 13.1. The Hall–Kier alpha value is -0.860. The molecule has 0 radical (unpaired) electrons. The summed E-state index contributed by atoms with van der Waals surface area (Å²) in [4.78, 5) is 2.58. The fraction of sp³-hybridized carbons (Fsp3) is 0.647. The minimum atomic E-state index is 0.567. The molecule has 0 amide bonds. The van der Waals surface area contributed by atoms with E-state index in [1.807, 2.05) is 0 Å². The molecule has 2 N–H and O–H groups in total. The number of piperidine rings is 1. The molecule has 104 valence electrons. The van der Waals surface area contributed by atoms with E-state index in [1.54, 1.807) is 0 Å². The van der Waals surface area contributed by atoms with E-state index in [2.05, 4.69) is 36.1 Å². The van der Waals surface area contributed by atoms with E-state index in [-0.39, 0.29) is 0 Å². The van der Waals surface area contributed by atoms with Crippen molar-refractivity contribution in [2.24, 2.45) is 11.7 Å². The topological polar surface area (TPSA) is 29.3 Å². The van der Waals surface area contributed by atoms with Crippen LogP contribution in [0.5, 0.6) is 0 Å². The molecule has 1 saturated carbocycles. The van der Waals surface area contributed by atoms with Gasteiger partial charge in [-0.2, -0.15) is 0 Å². The highest BCUT2D eigenvalue weighted by Gasteiger charge is 2.27. The fourth-order valence-corrected chi connectivity index (χ4v) is 3.46. The van der Waals surface area contributed by atoms with Gasteiger partial charge in [0.25, 0.3) is 0 Å². The molecule has 3 rings (SSSR count). The zero-order valence-corrected chi connectivity index (χ0v) is 12.0. The first-order valence-electron chi connectivity index (χ1n) is 7.81. The molecule has 2 unspecified atom stereocenters. The normalized spacial score (nSPS) is 28.5. The highest BCUT2D eigenvalue weighted by atomic mass is 15.2. The lowest BCUT2D eigenvalue weighted by molar-refractivity contribution is 0.0991. The average molecular weight is 258 g/mol. The third-order valence-electron chi connectivity index (χ3n) is 4.89. The minimum Gasteiger partial charge on any atom is -0.329 e. The van der Waals surface area contributed by atoms with Gasteiger partial charge in [0.15, 0.2) is 0 Å². The quantitative estimate of drug-likeness (QED) is 0.899. The van der Waals surface area contributed by atoms with Crippen LogP contribution in [0, 0.1) is 5.92 Å². The Bertz CT molecular complexity index is 408.